The second-order valence-electron chi connectivity index (χ2n) is 9.26. The van der Waals surface area contributed by atoms with Crippen LogP contribution in [-0.2, 0) is 25.7 Å². The number of hydrogen-bond acceptors (Lipinski definition) is 6. The third kappa shape index (κ3) is 9.43. The molecule has 0 bridgehead atoms. The number of nitrogens with one attached hydrogen (secondary N) is 3. The van der Waals surface area contributed by atoms with Crippen molar-refractivity contribution in [2.45, 2.75) is 82.9 Å². The van der Waals surface area contributed by atoms with Gasteiger partial charge in [-0.15, -0.1) is 0 Å². The first-order valence-corrected chi connectivity index (χ1v) is 12.9. The molecule has 3 rings (SSSR count). The van der Waals surface area contributed by atoms with Gasteiger partial charge in [-0.05, 0) is 61.8 Å². The molecule has 8 heteroatoms. The van der Waals surface area contributed by atoms with E-state index in [0.717, 1.165) is 61.8 Å². The summed E-state index contributed by atoms with van der Waals surface area (Å²) in [5.74, 6) is -0.674. The molecule has 0 heterocycles. The fourth-order valence-corrected chi connectivity index (χ4v) is 4.35. The van der Waals surface area contributed by atoms with Crippen molar-refractivity contribution in [2.24, 2.45) is 0 Å². The fraction of sp³-hybridized carbons (Fsp3) is 0.464. The fourth-order valence-electron chi connectivity index (χ4n) is 4.35. The smallest absolute Gasteiger partial charge is 0.328 e. The highest BCUT2D eigenvalue weighted by molar-refractivity contribution is 5.90. The minimum atomic E-state index is -0.538. The van der Waals surface area contributed by atoms with Gasteiger partial charge in [0, 0.05) is 25.1 Å². The summed E-state index contributed by atoms with van der Waals surface area (Å²) in [4.78, 5) is 36.1. The zero-order chi connectivity index (χ0) is 25.6. The highest BCUT2D eigenvalue weighted by Gasteiger charge is 2.26. The molecule has 1 aliphatic carbocycles. The van der Waals surface area contributed by atoms with E-state index in [2.05, 4.69) is 10.6 Å². The summed E-state index contributed by atoms with van der Waals surface area (Å²) in [6.45, 7) is 0.488. The second-order valence-corrected chi connectivity index (χ2v) is 9.26. The van der Waals surface area contributed by atoms with Gasteiger partial charge in [0.25, 0.3) is 0 Å². The molecular formula is C28H37N3O5. The highest BCUT2D eigenvalue weighted by Crippen LogP contribution is 2.24. The van der Waals surface area contributed by atoms with Gasteiger partial charge < -0.3 is 10.1 Å². The standard InChI is InChI=1S/C28H37N3O5/c32-25(14-6-1-2-7-15-26(33)31-35)30-23-18-16-21(17-19-23)20-29-27(22-10-4-3-5-11-22)28(34)36-24-12-8-9-13-24/h3-5,10-11,16-19,24,27,29,35H,1-2,6-9,12-15,20H2,(H,30,32)(H,31,33). The van der Waals surface area contributed by atoms with Crippen molar-refractivity contribution in [1.29, 1.82) is 0 Å². The molecule has 2 amide bonds. The lowest BCUT2D eigenvalue weighted by atomic mass is 10.1. The van der Waals surface area contributed by atoms with Crippen molar-refractivity contribution in [1.82, 2.24) is 10.8 Å². The summed E-state index contributed by atoms with van der Waals surface area (Å²) in [5, 5.41) is 14.7. The zero-order valence-electron chi connectivity index (χ0n) is 20.7. The molecule has 0 spiro atoms. The van der Waals surface area contributed by atoms with Crippen molar-refractivity contribution >= 4 is 23.5 Å². The van der Waals surface area contributed by atoms with Gasteiger partial charge in [0.1, 0.15) is 12.1 Å². The zero-order valence-corrected chi connectivity index (χ0v) is 20.7. The first-order chi connectivity index (χ1) is 17.5. The number of rotatable bonds is 14. The Morgan fingerprint density at radius 1 is 0.861 bits per heavy atom. The van der Waals surface area contributed by atoms with Crippen LogP contribution in [0.2, 0.25) is 0 Å². The Kier molecular flexibility index (Phi) is 11.4. The van der Waals surface area contributed by atoms with Crippen LogP contribution >= 0.6 is 0 Å². The summed E-state index contributed by atoms with van der Waals surface area (Å²) in [6, 6.07) is 16.7. The SMILES string of the molecule is O=C(CCCCCCC(=O)Nc1ccc(CNC(C(=O)OC2CCCC2)c2ccccc2)cc1)NO. The number of anilines is 1. The Hall–Kier alpha value is -3.23. The second kappa shape index (κ2) is 15.0. The topological polar surface area (TPSA) is 117 Å². The van der Waals surface area contributed by atoms with E-state index in [-0.39, 0.29) is 30.3 Å². The summed E-state index contributed by atoms with van der Waals surface area (Å²) in [6.07, 6.45) is 7.91. The van der Waals surface area contributed by atoms with Gasteiger partial charge in [-0.2, -0.15) is 0 Å². The number of carbonyl (C=O) groups excluding carboxylic acids is 3. The Labute approximate surface area is 212 Å². The molecule has 0 radical (unpaired) electrons. The summed E-state index contributed by atoms with van der Waals surface area (Å²) in [5.41, 5.74) is 4.21. The molecule has 194 valence electrons. The van der Waals surface area contributed by atoms with Crippen LogP contribution in [0.3, 0.4) is 0 Å². The van der Waals surface area contributed by atoms with Gasteiger partial charge in [0.15, 0.2) is 0 Å². The largest absolute Gasteiger partial charge is 0.461 e. The Morgan fingerprint density at radius 2 is 1.50 bits per heavy atom. The maximum absolute atomic E-state index is 12.9. The van der Waals surface area contributed by atoms with Crippen LogP contribution in [0.5, 0.6) is 0 Å². The van der Waals surface area contributed by atoms with Gasteiger partial charge in [-0.3, -0.25) is 20.1 Å². The third-order valence-electron chi connectivity index (χ3n) is 6.38. The lowest BCUT2D eigenvalue weighted by Crippen LogP contribution is -2.32. The van der Waals surface area contributed by atoms with Gasteiger partial charge in [0.2, 0.25) is 11.8 Å². The van der Waals surface area contributed by atoms with E-state index in [0.29, 0.717) is 19.4 Å². The molecular weight excluding hydrogens is 458 g/mol. The molecule has 0 aliphatic heterocycles. The average molecular weight is 496 g/mol. The monoisotopic (exact) mass is 495 g/mol. The molecule has 4 N–H and O–H groups in total. The Balaban J connectivity index is 1.43. The van der Waals surface area contributed by atoms with Crippen LogP contribution in [0.15, 0.2) is 54.6 Å². The van der Waals surface area contributed by atoms with Crippen molar-refractivity contribution in [3.63, 3.8) is 0 Å². The Bertz CT molecular complexity index is 959. The van der Waals surface area contributed by atoms with Gasteiger partial charge in [0.05, 0.1) is 0 Å². The number of unbranched alkanes of at least 4 members (excludes halogenated alkanes) is 3. The van der Waals surface area contributed by atoms with E-state index >= 15 is 0 Å². The normalized spacial score (nSPS) is 14.2. The van der Waals surface area contributed by atoms with E-state index in [1.165, 1.54) is 0 Å². The Morgan fingerprint density at radius 3 is 2.14 bits per heavy atom. The average Bonchev–Trinajstić information content (AvgIpc) is 3.40. The summed E-state index contributed by atoms with van der Waals surface area (Å²) < 4.78 is 5.77. The van der Waals surface area contributed by atoms with Crippen molar-refractivity contribution in [2.75, 3.05) is 5.32 Å². The summed E-state index contributed by atoms with van der Waals surface area (Å²) >= 11 is 0. The number of carbonyl (C=O) groups is 3. The van der Waals surface area contributed by atoms with E-state index in [1.54, 1.807) is 5.48 Å². The minimum absolute atomic E-state index is 0.0150. The lowest BCUT2D eigenvalue weighted by molar-refractivity contribution is -0.151. The predicted molar refractivity (Wildman–Crippen MR) is 137 cm³/mol. The third-order valence-corrected chi connectivity index (χ3v) is 6.38. The predicted octanol–water partition coefficient (Wildman–Crippen LogP) is 4.79. The number of benzene rings is 2. The maximum Gasteiger partial charge on any atom is 0.328 e. The molecule has 36 heavy (non-hydrogen) atoms. The molecule has 1 atom stereocenters. The maximum atomic E-state index is 12.9. The van der Waals surface area contributed by atoms with Crippen molar-refractivity contribution in [3.05, 3.63) is 65.7 Å². The number of amides is 2. The molecule has 2 aromatic carbocycles. The highest BCUT2D eigenvalue weighted by atomic mass is 16.5. The van der Waals surface area contributed by atoms with Crippen LogP contribution in [0.25, 0.3) is 0 Å². The van der Waals surface area contributed by atoms with Crippen LogP contribution in [0.1, 0.15) is 81.4 Å². The number of esters is 1. The molecule has 1 unspecified atom stereocenters. The van der Waals surface area contributed by atoms with E-state index in [9.17, 15) is 14.4 Å². The first-order valence-electron chi connectivity index (χ1n) is 12.9. The molecule has 0 saturated heterocycles. The number of hydroxylamine groups is 1. The first kappa shape index (κ1) is 27.4. The quantitative estimate of drug-likeness (QED) is 0.130. The molecule has 8 nitrogen and oxygen atoms in total. The molecule has 1 saturated carbocycles. The van der Waals surface area contributed by atoms with E-state index < -0.39 is 6.04 Å². The van der Waals surface area contributed by atoms with Gasteiger partial charge in [-0.1, -0.05) is 55.3 Å². The molecule has 0 aromatic heterocycles. The molecule has 1 aliphatic rings. The van der Waals surface area contributed by atoms with Crippen molar-refractivity contribution in [3.8, 4) is 0 Å². The molecule has 2 aromatic rings. The van der Waals surface area contributed by atoms with Crippen molar-refractivity contribution < 1.29 is 24.3 Å². The lowest BCUT2D eigenvalue weighted by Gasteiger charge is -2.21. The van der Waals surface area contributed by atoms with Crippen LogP contribution in [0.4, 0.5) is 5.69 Å². The van der Waals surface area contributed by atoms with Gasteiger partial charge >= 0.3 is 5.97 Å². The van der Waals surface area contributed by atoms with Crippen LogP contribution < -0.4 is 16.1 Å². The summed E-state index contributed by atoms with van der Waals surface area (Å²) in [7, 11) is 0. The number of ether oxygens (including phenoxy) is 1. The van der Waals surface area contributed by atoms with E-state index in [1.807, 2.05) is 54.6 Å². The number of hydrogen-bond donors (Lipinski definition) is 4. The van der Waals surface area contributed by atoms with Crippen LogP contribution in [0, 0.1) is 0 Å². The van der Waals surface area contributed by atoms with Gasteiger partial charge in [-0.25, -0.2) is 10.3 Å². The molecule has 1 fully saturated rings. The van der Waals surface area contributed by atoms with E-state index in [4.69, 9.17) is 9.94 Å². The van der Waals surface area contributed by atoms with Crippen LogP contribution in [-0.4, -0.2) is 29.1 Å². The minimum Gasteiger partial charge on any atom is -0.461 e.